The van der Waals surface area contributed by atoms with E-state index < -0.39 is 32.8 Å². The van der Waals surface area contributed by atoms with Crippen LogP contribution < -0.4 is 0 Å². The van der Waals surface area contributed by atoms with E-state index in [1.54, 1.807) is 0 Å². The summed E-state index contributed by atoms with van der Waals surface area (Å²) >= 11 is 0. The Hall–Kier alpha value is -2.55. The Kier molecular flexibility index (Phi) is 3.11. The van der Waals surface area contributed by atoms with E-state index in [9.17, 15) is 25.0 Å². The smallest absolute Gasteiger partial charge is 0.295 e. The molecule has 0 unspecified atom stereocenters. The summed E-state index contributed by atoms with van der Waals surface area (Å²) in [5, 5.41) is 28.9. The van der Waals surface area contributed by atoms with E-state index >= 15 is 0 Å². The molecule has 0 aliphatic rings. The molecule has 0 spiro atoms. The molecule has 0 bridgehead atoms. The third-order valence-electron chi connectivity index (χ3n) is 1.69. The fourth-order valence-electron chi connectivity index (χ4n) is 1.01. The predicted octanol–water partition coefficient (Wildman–Crippen LogP) is 1.13. The summed E-state index contributed by atoms with van der Waals surface area (Å²) in [4.78, 5) is 33.3. The molecule has 1 rings (SSSR count). The van der Waals surface area contributed by atoms with Crippen LogP contribution in [-0.4, -0.2) is 21.1 Å². The minimum Gasteiger partial charge on any atom is -0.295 e. The normalized spacial score (nSPS) is 9.56. The number of benzene rings is 1. The number of carbonyl (C=O) groups excluding carboxylic acids is 1. The highest BCUT2D eigenvalue weighted by Gasteiger charge is 2.25. The number of carbonyl (C=O) groups is 1. The molecule has 0 heterocycles. The SMILES string of the molecule is O=C(OO)c1cc([N+](=O)[O-])ccc1[N+](=O)[O-]. The standard InChI is InChI=1S/C7H4N2O7/c10-7(16-15)5-3-4(8(11)12)1-2-6(5)9(13)14/h1-3,15H. The highest BCUT2D eigenvalue weighted by molar-refractivity contribution is 5.94. The summed E-state index contributed by atoms with van der Waals surface area (Å²) in [7, 11) is 0. The van der Waals surface area contributed by atoms with Crippen LogP contribution in [0.25, 0.3) is 0 Å². The van der Waals surface area contributed by atoms with Crippen molar-refractivity contribution in [2.45, 2.75) is 0 Å². The van der Waals surface area contributed by atoms with E-state index in [0.29, 0.717) is 6.07 Å². The van der Waals surface area contributed by atoms with Gasteiger partial charge in [0.05, 0.1) is 9.85 Å². The molecule has 0 aromatic heterocycles. The van der Waals surface area contributed by atoms with Gasteiger partial charge in [0.1, 0.15) is 5.56 Å². The first-order chi connectivity index (χ1) is 7.47. The molecule has 16 heavy (non-hydrogen) atoms. The fraction of sp³-hybridized carbons (Fsp3) is 0. The Bertz CT molecular complexity index is 470. The Morgan fingerprint density at radius 2 is 1.88 bits per heavy atom. The maximum atomic E-state index is 10.9. The van der Waals surface area contributed by atoms with Crippen LogP contribution in [-0.2, 0) is 4.89 Å². The first kappa shape index (κ1) is 11.5. The second-order valence-corrected chi connectivity index (χ2v) is 2.59. The first-order valence-electron chi connectivity index (χ1n) is 3.76. The lowest BCUT2D eigenvalue weighted by Gasteiger charge is -1.99. The van der Waals surface area contributed by atoms with Gasteiger partial charge in [-0.2, -0.15) is 5.26 Å². The molecule has 0 radical (unpaired) electrons. The summed E-state index contributed by atoms with van der Waals surface area (Å²) in [6.45, 7) is 0. The molecule has 0 amide bonds. The largest absolute Gasteiger partial charge is 0.379 e. The van der Waals surface area contributed by atoms with Crippen molar-refractivity contribution in [2.75, 3.05) is 0 Å². The van der Waals surface area contributed by atoms with Crippen LogP contribution in [0.5, 0.6) is 0 Å². The third kappa shape index (κ3) is 2.09. The summed E-state index contributed by atoms with van der Waals surface area (Å²) in [6, 6.07) is 2.30. The van der Waals surface area contributed by atoms with Crippen molar-refractivity contribution in [2.24, 2.45) is 0 Å². The molecule has 0 fully saturated rings. The zero-order valence-electron chi connectivity index (χ0n) is 7.52. The van der Waals surface area contributed by atoms with E-state index in [4.69, 9.17) is 5.26 Å². The molecule has 0 aliphatic heterocycles. The van der Waals surface area contributed by atoms with Gasteiger partial charge >= 0.3 is 5.97 Å². The number of hydrogen-bond acceptors (Lipinski definition) is 7. The minimum atomic E-state index is -1.43. The van der Waals surface area contributed by atoms with Crippen molar-refractivity contribution >= 4 is 17.3 Å². The second-order valence-electron chi connectivity index (χ2n) is 2.59. The molecule has 84 valence electrons. The monoisotopic (exact) mass is 228 g/mol. The predicted molar refractivity (Wildman–Crippen MR) is 47.8 cm³/mol. The van der Waals surface area contributed by atoms with Crippen molar-refractivity contribution in [1.29, 1.82) is 0 Å². The Balaban J connectivity index is 3.38. The average molecular weight is 228 g/mol. The zero-order chi connectivity index (χ0) is 12.3. The zero-order valence-corrected chi connectivity index (χ0v) is 7.52. The van der Waals surface area contributed by atoms with E-state index in [2.05, 4.69) is 4.89 Å². The van der Waals surface area contributed by atoms with Gasteiger partial charge in [0, 0.05) is 18.2 Å². The van der Waals surface area contributed by atoms with Crippen molar-refractivity contribution in [3.05, 3.63) is 44.0 Å². The molecule has 1 aromatic carbocycles. The van der Waals surface area contributed by atoms with Crippen molar-refractivity contribution < 1.29 is 24.8 Å². The molecule has 0 atom stereocenters. The van der Waals surface area contributed by atoms with E-state index in [-0.39, 0.29) is 0 Å². The van der Waals surface area contributed by atoms with Crippen LogP contribution in [0.3, 0.4) is 0 Å². The van der Waals surface area contributed by atoms with Gasteiger partial charge in [-0.3, -0.25) is 25.1 Å². The average Bonchev–Trinajstić information content (AvgIpc) is 2.26. The van der Waals surface area contributed by atoms with E-state index in [1.807, 2.05) is 0 Å². The molecule has 0 saturated carbocycles. The van der Waals surface area contributed by atoms with E-state index in [1.165, 1.54) is 0 Å². The molecule has 9 heteroatoms. The number of hydrogen-bond donors (Lipinski definition) is 1. The highest BCUT2D eigenvalue weighted by Crippen LogP contribution is 2.24. The summed E-state index contributed by atoms with van der Waals surface area (Å²) in [6.07, 6.45) is 0. The lowest BCUT2D eigenvalue weighted by atomic mass is 10.1. The van der Waals surface area contributed by atoms with Gasteiger partial charge in [-0.25, -0.2) is 4.79 Å². The lowest BCUT2D eigenvalue weighted by Crippen LogP contribution is -2.06. The summed E-state index contributed by atoms with van der Waals surface area (Å²) in [5.41, 5.74) is -1.91. The van der Waals surface area contributed by atoms with Gasteiger partial charge in [-0.15, -0.1) is 0 Å². The topological polar surface area (TPSA) is 133 Å². The number of nitrogens with zero attached hydrogens (tertiary/aromatic N) is 2. The van der Waals surface area contributed by atoms with E-state index in [0.717, 1.165) is 12.1 Å². The van der Waals surface area contributed by atoms with Crippen LogP contribution in [0.2, 0.25) is 0 Å². The third-order valence-corrected chi connectivity index (χ3v) is 1.69. The molecule has 0 aliphatic carbocycles. The maximum Gasteiger partial charge on any atom is 0.379 e. The molecule has 1 aromatic rings. The molecular weight excluding hydrogens is 224 g/mol. The number of rotatable bonds is 3. The van der Waals surface area contributed by atoms with Crippen LogP contribution in [0, 0.1) is 20.2 Å². The summed E-state index contributed by atoms with van der Waals surface area (Å²) in [5.74, 6) is -1.43. The Morgan fingerprint density at radius 3 is 2.31 bits per heavy atom. The van der Waals surface area contributed by atoms with Gasteiger partial charge in [0.25, 0.3) is 11.4 Å². The van der Waals surface area contributed by atoms with Crippen LogP contribution in [0.1, 0.15) is 10.4 Å². The molecular formula is C7H4N2O7. The quantitative estimate of drug-likeness (QED) is 0.465. The van der Waals surface area contributed by atoms with Crippen LogP contribution in [0.15, 0.2) is 18.2 Å². The van der Waals surface area contributed by atoms with Crippen molar-refractivity contribution in [3.63, 3.8) is 0 Å². The van der Waals surface area contributed by atoms with Gasteiger partial charge < -0.3 is 0 Å². The van der Waals surface area contributed by atoms with Gasteiger partial charge in [0.2, 0.25) is 0 Å². The second kappa shape index (κ2) is 4.31. The molecule has 0 saturated heterocycles. The number of nitro groups is 2. The highest BCUT2D eigenvalue weighted by atomic mass is 17.1. The van der Waals surface area contributed by atoms with Crippen molar-refractivity contribution in [3.8, 4) is 0 Å². The fourth-order valence-corrected chi connectivity index (χ4v) is 1.01. The maximum absolute atomic E-state index is 10.9. The van der Waals surface area contributed by atoms with Crippen LogP contribution in [0.4, 0.5) is 11.4 Å². The number of non-ortho nitro benzene ring substituents is 1. The van der Waals surface area contributed by atoms with Crippen molar-refractivity contribution in [1.82, 2.24) is 0 Å². The first-order valence-corrected chi connectivity index (χ1v) is 3.76. The van der Waals surface area contributed by atoms with Crippen LogP contribution >= 0.6 is 0 Å². The summed E-state index contributed by atoms with van der Waals surface area (Å²) < 4.78 is 0. The molecule has 1 N–H and O–H groups in total. The Morgan fingerprint density at radius 1 is 1.25 bits per heavy atom. The molecule has 9 nitrogen and oxygen atoms in total. The van der Waals surface area contributed by atoms with Gasteiger partial charge in [0.15, 0.2) is 0 Å². The number of nitro benzene ring substituents is 2. The van der Waals surface area contributed by atoms with Gasteiger partial charge in [-0.1, -0.05) is 0 Å². The minimum absolute atomic E-state index is 0.522. The Labute approximate surface area is 87.1 Å². The lowest BCUT2D eigenvalue weighted by molar-refractivity contribution is -0.389. The van der Waals surface area contributed by atoms with Gasteiger partial charge in [-0.05, 0) is 0 Å².